The number of aromatic nitrogens is 6. The van der Waals surface area contributed by atoms with Crippen LogP contribution in [0.25, 0.3) is 11.4 Å². The normalized spacial score (nSPS) is 13.4. The number of rotatable bonds is 7. The van der Waals surface area contributed by atoms with Crippen molar-refractivity contribution in [2.45, 2.75) is 45.8 Å². The third kappa shape index (κ3) is 3.93. The summed E-state index contributed by atoms with van der Waals surface area (Å²) in [4.78, 5) is 45.4. The van der Waals surface area contributed by atoms with E-state index in [0.717, 1.165) is 18.4 Å². The van der Waals surface area contributed by atoms with Gasteiger partial charge in [-0.25, -0.2) is 14.5 Å². The van der Waals surface area contributed by atoms with E-state index in [9.17, 15) is 14.4 Å². The molecule has 4 rings (SSSR count). The van der Waals surface area contributed by atoms with Crippen LogP contribution in [0, 0.1) is 13.8 Å². The zero-order chi connectivity index (χ0) is 21.3. The van der Waals surface area contributed by atoms with Gasteiger partial charge < -0.3 is 5.32 Å². The zero-order valence-electron chi connectivity index (χ0n) is 16.9. The van der Waals surface area contributed by atoms with Gasteiger partial charge in [0.15, 0.2) is 5.82 Å². The molecule has 0 aliphatic heterocycles. The third-order valence-electron chi connectivity index (χ3n) is 5.18. The lowest BCUT2D eigenvalue weighted by Crippen LogP contribution is -2.36. The van der Waals surface area contributed by atoms with E-state index in [2.05, 4.69) is 20.4 Å². The molecule has 156 valence electrons. The first kappa shape index (κ1) is 19.7. The molecular formula is C20H23N7O3. The Balaban J connectivity index is 1.43. The van der Waals surface area contributed by atoms with E-state index < -0.39 is 0 Å². The maximum absolute atomic E-state index is 12.8. The van der Waals surface area contributed by atoms with Gasteiger partial charge in [0.05, 0.1) is 12.9 Å². The average Bonchev–Trinajstić information content (AvgIpc) is 3.53. The maximum atomic E-state index is 12.8. The quantitative estimate of drug-likeness (QED) is 0.605. The highest BCUT2D eigenvalue weighted by molar-refractivity contribution is 5.75. The number of carbonyl (C=O) groups is 1. The Bertz CT molecular complexity index is 1190. The van der Waals surface area contributed by atoms with Gasteiger partial charge >= 0.3 is 5.69 Å². The van der Waals surface area contributed by atoms with Gasteiger partial charge in [-0.15, -0.1) is 5.10 Å². The van der Waals surface area contributed by atoms with Gasteiger partial charge in [0.2, 0.25) is 5.91 Å². The van der Waals surface area contributed by atoms with Gasteiger partial charge in [-0.2, -0.15) is 0 Å². The van der Waals surface area contributed by atoms with Crippen molar-refractivity contribution in [3.05, 3.63) is 62.9 Å². The van der Waals surface area contributed by atoms with Gasteiger partial charge in [-0.05, 0) is 38.8 Å². The molecule has 1 aliphatic rings. The van der Waals surface area contributed by atoms with Crippen LogP contribution in [0.5, 0.6) is 0 Å². The molecule has 1 N–H and O–H groups in total. The summed E-state index contributed by atoms with van der Waals surface area (Å²) in [5, 5.41) is 7.20. The van der Waals surface area contributed by atoms with Crippen molar-refractivity contribution in [1.82, 2.24) is 34.2 Å². The summed E-state index contributed by atoms with van der Waals surface area (Å²) in [7, 11) is 0. The van der Waals surface area contributed by atoms with Crippen molar-refractivity contribution < 1.29 is 4.79 Å². The van der Waals surface area contributed by atoms with Crippen LogP contribution < -0.4 is 16.6 Å². The minimum atomic E-state index is -0.329. The first-order valence-electron chi connectivity index (χ1n) is 9.85. The topological polar surface area (TPSA) is 117 Å². The largest absolute Gasteiger partial charge is 0.353 e. The van der Waals surface area contributed by atoms with Crippen LogP contribution in [0.4, 0.5) is 0 Å². The molecule has 1 saturated carbocycles. The Hall–Kier alpha value is -3.56. The molecule has 0 aromatic carbocycles. The summed E-state index contributed by atoms with van der Waals surface area (Å²) in [6.45, 7) is 3.76. The maximum Gasteiger partial charge on any atom is 0.346 e. The Kier molecular flexibility index (Phi) is 5.30. The summed E-state index contributed by atoms with van der Waals surface area (Å²) < 4.78 is 4.34. The molecular weight excluding hydrogens is 386 g/mol. The average molecular weight is 409 g/mol. The highest BCUT2D eigenvalue weighted by atomic mass is 16.2. The second-order valence-electron chi connectivity index (χ2n) is 7.41. The van der Waals surface area contributed by atoms with E-state index in [4.69, 9.17) is 0 Å². The molecule has 0 bridgehead atoms. The van der Waals surface area contributed by atoms with E-state index in [0.29, 0.717) is 17.1 Å². The SMILES string of the molecule is Cc1ncn(CC(=O)NCCn2nc(-c3cccnc3)n(C3CC3)c2=O)c(=O)c1C. The molecule has 0 spiro atoms. The molecule has 1 amide bonds. The summed E-state index contributed by atoms with van der Waals surface area (Å²) in [6, 6.07) is 3.84. The van der Waals surface area contributed by atoms with Crippen molar-refractivity contribution in [3.8, 4) is 11.4 Å². The molecule has 3 aromatic heterocycles. The Morgan fingerprint density at radius 3 is 2.77 bits per heavy atom. The van der Waals surface area contributed by atoms with Crippen molar-refractivity contribution in [2.24, 2.45) is 0 Å². The predicted molar refractivity (Wildman–Crippen MR) is 109 cm³/mol. The number of pyridine rings is 1. The smallest absolute Gasteiger partial charge is 0.346 e. The number of carbonyl (C=O) groups excluding carboxylic acids is 1. The Morgan fingerprint density at radius 2 is 2.07 bits per heavy atom. The first-order valence-corrected chi connectivity index (χ1v) is 9.85. The standard InChI is InChI=1S/C20H23N7O3/c1-13-14(2)23-12-25(19(13)29)11-17(28)22-8-9-26-20(30)27(16-5-6-16)18(24-26)15-4-3-7-21-10-15/h3-4,7,10,12,16H,5-6,8-9,11H2,1-2H3,(H,22,28). The zero-order valence-corrected chi connectivity index (χ0v) is 16.9. The second-order valence-corrected chi connectivity index (χ2v) is 7.41. The molecule has 10 nitrogen and oxygen atoms in total. The highest BCUT2D eigenvalue weighted by Gasteiger charge is 2.30. The second kappa shape index (κ2) is 8.05. The fraction of sp³-hybridized carbons (Fsp3) is 0.400. The summed E-state index contributed by atoms with van der Waals surface area (Å²) >= 11 is 0. The van der Waals surface area contributed by atoms with Gasteiger partial charge in [-0.3, -0.25) is 23.7 Å². The first-order chi connectivity index (χ1) is 14.5. The summed E-state index contributed by atoms with van der Waals surface area (Å²) in [5.74, 6) is 0.263. The molecule has 0 atom stereocenters. The molecule has 30 heavy (non-hydrogen) atoms. The highest BCUT2D eigenvalue weighted by Crippen LogP contribution is 2.36. The number of hydrogen-bond donors (Lipinski definition) is 1. The Morgan fingerprint density at radius 1 is 1.27 bits per heavy atom. The number of hydrogen-bond acceptors (Lipinski definition) is 6. The lowest BCUT2D eigenvalue weighted by molar-refractivity contribution is -0.121. The van der Waals surface area contributed by atoms with E-state index in [1.165, 1.54) is 15.6 Å². The van der Waals surface area contributed by atoms with Gasteiger partial charge in [0.1, 0.15) is 6.54 Å². The lowest BCUT2D eigenvalue weighted by Gasteiger charge is -2.08. The molecule has 3 heterocycles. The summed E-state index contributed by atoms with van der Waals surface area (Å²) in [6.07, 6.45) is 6.63. The molecule has 0 unspecified atom stereocenters. The molecule has 10 heteroatoms. The van der Waals surface area contributed by atoms with E-state index in [1.54, 1.807) is 36.9 Å². The number of nitrogens with one attached hydrogen (secondary N) is 1. The third-order valence-corrected chi connectivity index (χ3v) is 5.18. The monoisotopic (exact) mass is 409 g/mol. The van der Waals surface area contributed by atoms with Gasteiger partial charge in [-0.1, -0.05) is 0 Å². The van der Waals surface area contributed by atoms with E-state index in [-0.39, 0.29) is 42.8 Å². The predicted octanol–water partition coefficient (Wildman–Crippen LogP) is 0.432. The van der Waals surface area contributed by atoms with Crippen LogP contribution >= 0.6 is 0 Å². The lowest BCUT2D eigenvalue weighted by atomic mass is 10.3. The van der Waals surface area contributed by atoms with Crippen LogP contribution in [-0.2, 0) is 17.9 Å². The fourth-order valence-corrected chi connectivity index (χ4v) is 3.22. The van der Waals surface area contributed by atoms with Crippen molar-refractivity contribution >= 4 is 5.91 Å². The van der Waals surface area contributed by atoms with Crippen LogP contribution in [0.1, 0.15) is 30.1 Å². The van der Waals surface area contributed by atoms with Crippen molar-refractivity contribution in [1.29, 1.82) is 0 Å². The van der Waals surface area contributed by atoms with Crippen LogP contribution in [0.15, 0.2) is 40.4 Å². The minimum Gasteiger partial charge on any atom is -0.353 e. The van der Waals surface area contributed by atoms with Crippen molar-refractivity contribution in [3.63, 3.8) is 0 Å². The number of nitrogens with zero attached hydrogens (tertiary/aromatic N) is 6. The summed E-state index contributed by atoms with van der Waals surface area (Å²) in [5.41, 5.74) is 1.52. The molecule has 0 radical (unpaired) electrons. The molecule has 1 aliphatic carbocycles. The van der Waals surface area contributed by atoms with Crippen LogP contribution in [-0.4, -0.2) is 41.3 Å². The van der Waals surface area contributed by atoms with Gasteiger partial charge in [0, 0.05) is 41.8 Å². The van der Waals surface area contributed by atoms with Crippen molar-refractivity contribution in [2.75, 3.05) is 6.54 Å². The molecule has 3 aromatic rings. The van der Waals surface area contributed by atoms with E-state index in [1.807, 2.05) is 6.07 Å². The minimum absolute atomic E-state index is 0.126. The van der Waals surface area contributed by atoms with Crippen LogP contribution in [0.2, 0.25) is 0 Å². The van der Waals surface area contributed by atoms with Gasteiger partial charge in [0.25, 0.3) is 5.56 Å². The number of amides is 1. The molecule has 0 saturated heterocycles. The fourth-order valence-electron chi connectivity index (χ4n) is 3.22. The van der Waals surface area contributed by atoms with Crippen LogP contribution in [0.3, 0.4) is 0 Å². The Labute approximate surface area is 172 Å². The number of aryl methyl sites for hydroxylation is 1. The van der Waals surface area contributed by atoms with E-state index >= 15 is 0 Å². The molecule has 1 fully saturated rings.